The zero-order valence-corrected chi connectivity index (χ0v) is 13.3. The second-order valence-corrected chi connectivity index (χ2v) is 6.63. The van der Waals surface area contributed by atoms with Crippen LogP contribution in [0, 0.1) is 6.92 Å². The van der Waals surface area contributed by atoms with Crippen LogP contribution in [0.25, 0.3) is 0 Å². The molecule has 1 unspecified atom stereocenters. The van der Waals surface area contributed by atoms with Crippen LogP contribution in [0.1, 0.15) is 34.7 Å². The third-order valence-corrected chi connectivity index (χ3v) is 4.65. The molecule has 0 spiro atoms. The largest absolute Gasteiger partial charge is 0.347 e. The van der Waals surface area contributed by atoms with Crippen LogP contribution in [0.4, 0.5) is 0 Å². The van der Waals surface area contributed by atoms with Crippen molar-refractivity contribution in [2.75, 3.05) is 0 Å². The highest BCUT2D eigenvalue weighted by atomic mass is 32.1. The minimum Gasteiger partial charge on any atom is -0.347 e. The molecule has 0 bridgehead atoms. The Labute approximate surface area is 130 Å². The molecule has 0 fully saturated rings. The van der Waals surface area contributed by atoms with Crippen LogP contribution in [0.15, 0.2) is 42.5 Å². The lowest BCUT2D eigenvalue weighted by molar-refractivity contribution is -0.123. The molecule has 0 saturated heterocycles. The number of benzene rings is 1. The van der Waals surface area contributed by atoms with Gasteiger partial charge in [-0.2, -0.15) is 0 Å². The van der Waals surface area contributed by atoms with Crippen molar-refractivity contribution >= 4 is 17.2 Å². The fourth-order valence-electron chi connectivity index (χ4n) is 2.18. The highest BCUT2D eigenvalue weighted by Crippen LogP contribution is 2.22. The van der Waals surface area contributed by atoms with Gasteiger partial charge in [0.1, 0.15) is 0 Å². The second kappa shape index (κ2) is 7.38. The molecule has 4 heteroatoms. The van der Waals surface area contributed by atoms with E-state index in [4.69, 9.17) is 5.73 Å². The highest BCUT2D eigenvalue weighted by molar-refractivity contribution is 7.12. The minimum atomic E-state index is -0.464. The maximum absolute atomic E-state index is 12.1. The molecule has 1 amide bonds. The summed E-state index contributed by atoms with van der Waals surface area (Å²) in [5, 5.41) is 2.99. The molecule has 0 aliphatic rings. The van der Waals surface area contributed by atoms with Gasteiger partial charge in [0, 0.05) is 9.75 Å². The van der Waals surface area contributed by atoms with E-state index >= 15 is 0 Å². The standard InChI is InChI=1S/C17H22N2OS/c1-12-8-11-16(21-12)13(2)19-17(20)15(18)10-9-14-6-4-3-5-7-14/h3-8,11,13,15H,9-10,18H2,1-2H3,(H,19,20)/t13?,15-/m0/s1. The average molecular weight is 302 g/mol. The fourth-order valence-corrected chi connectivity index (χ4v) is 3.06. The summed E-state index contributed by atoms with van der Waals surface area (Å²) in [5.74, 6) is -0.0792. The molecule has 1 aromatic carbocycles. The van der Waals surface area contributed by atoms with Gasteiger partial charge in [0.25, 0.3) is 0 Å². The number of thiophene rings is 1. The van der Waals surface area contributed by atoms with Crippen molar-refractivity contribution in [3.63, 3.8) is 0 Å². The lowest BCUT2D eigenvalue weighted by Crippen LogP contribution is -2.41. The van der Waals surface area contributed by atoms with Crippen molar-refractivity contribution in [3.8, 4) is 0 Å². The number of nitrogens with one attached hydrogen (secondary N) is 1. The molecular formula is C17H22N2OS. The van der Waals surface area contributed by atoms with Gasteiger partial charge in [-0.25, -0.2) is 0 Å². The van der Waals surface area contributed by atoms with E-state index < -0.39 is 6.04 Å². The maximum atomic E-state index is 12.1. The third-order valence-electron chi connectivity index (χ3n) is 3.47. The van der Waals surface area contributed by atoms with Crippen LogP contribution in [0.3, 0.4) is 0 Å². The number of hydrogen-bond acceptors (Lipinski definition) is 3. The summed E-state index contributed by atoms with van der Waals surface area (Å²) >= 11 is 1.70. The number of nitrogens with two attached hydrogens (primary N) is 1. The van der Waals surface area contributed by atoms with Crippen LogP contribution < -0.4 is 11.1 Å². The van der Waals surface area contributed by atoms with E-state index in [0.717, 1.165) is 11.3 Å². The van der Waals surface area contributed by atoms with E-state index in [1.54, 1.807) is 11.3 Å². The highest BCUT2D eigenvalue weighted by Gasteiger charge is 2.17. The van der Waals surface area contributed by atoms with E-state index in [1.807, 2.05) is 25.1 Å². The molecule has 2 aromatic rings. The quantitative estimate of drug-likeness (QED) is 0.861. The van der Waals surface area contributed by atoms with Crippen LogP contribution in [-0.4, -0.2) is 11.9 Å². The SMILES string of the molecule is Cc1ccc(C(C)NC(=O)[C@@H](N)CCc2ccccc2)s1. The topological polar surface area (TPSA) is 55.1 Å². The molecule has 112 valence electrons. The number of hydrogen-bond donors (Lipinski definition) is 2. The Bertz CT molecular complexity index is 579. The number of carbonyl (C=O) groups excluding carboxylic acids is 1. The Balaban J connectivity index is 1.82. The molecule has 0 saturated carbocycles. The van der Waals surface area contributed by atoms with Crippen molar-refractivity contribution in [3.05, 3.63) is 57.8 Å². The second-order valence-electron chi connectivity index (χ2n) is 5.31. The van der Waals surface area contributed by atoms with Crippen molar-refractivity contribution in [1.29, 1.82) is 0 Å². The molecule has 0 radical (unpaired) electrons. The van der Waals surface area contributed by atoms with Crippen molar-refractivity contribution < 1.29 is 4.79 Å². The first-order valence-electron chi connectivity index (χ1n) is 7.22. The molecule has 2 rings (SSSR count). The Morgan fingerprint density at radius 1 is 1.24 bits per heavy atom. The summed E-state index contributed by atoms with van der Waals surface area (Å²) in [5.41, 5.74) is 7.20. The maximum Gasteiger partial charge on any atom is 0.237 e. The molecule has 1 aromatic heterocycles. The summed E-state index contributed by atoms with van der Waals surface area (Å²) in [6.07, 6.45) is 1.48. The zero-order valence-electron chi connectivity index (χ0n) is 12.5. The summed E-state index contributed by atoms with van der Waals surface area (Å²) in [7, 11) is 0. The van der Waals surface area contributed by atoms with Gasteiger partial charge in [-0.15, -0.1) is 11.3 Å². The lowest BCUT2D eigenvalue weighted by atomic mass is 10.1. The van der Waals surface area contributed by atoms with Crippen LogP contribution in [0.5, 0.6) is 0 Å². The zero-order chi connectivity index (χ0) is 15.2. The first-order chi connectivity index (χ1) is 10.1. The molecule has 3 N–H and O–H groups in total. The monoisotopic (exact) mass is 302 g/mol. The van der Waals surface area contributed by atoms with E-state index in [1.165, 1.54) is 10.4 Å². The predicted octanol–water partition coefficient (Wildman–Crippen LogP) is 3.19. The average Bonchev–Trinajstić information content (AvgIpc) is 2.92. The van der Waals surface area contributed by atoms with Gasteiger partial charge in [-0.1, -0.05) is 30.3 Å². The molecule has 3 nitrogen and oxygen atoms in total. The molecule has 1 heterocycles. The van der Waals surface area contributed by atoms with Gasteiger partial charge in [0.2, 0.25) is 5.91 Å². The Morgan fingerprint density at radius 2 is 1.95 bits per heavy atom. The number of amides is 1. The smallest absolute Gasteiger partial charge is 0.237 e. The van der Waals surface area contributed by atoms with Crippen molar-refractivity contribution in [1.82, 2.24) is 5.32 Å². The van der Waals surface area contributed by atoms with Crippen molar-refractivity contribution in [2.45, 2.75) is 38.8 Å². The normalized spacial score (nSPS) is 13.7. The van der Waals surface area contributed by atoms with Gasteiger partial charge in [0.15, 0.2) is 0 Å². The predicted molar refractivity (Wildman–Crippen MR) is 88.4 cm³/mol. The van der Waals surface area contributed by atoms with E-state index in [9.17, 15) is 4.79 Å². The van der Waals surface area contributed by atoms with Crippen LogP contribution >= 0.6 is 11.3 Å². The third kappa shape index (κ3) is 4.69. The van der Waals surface area contributed by atoms with Crippen LogP contribution in [-0.2, 0) is 11.2 Å². The molecule has 0 aliphatic carbocycles. The van der Waals surface area contributed by atoms with E-state index in [0.29, 0.717) is 6.42 Å². The first kappa shape index (κ1) is 15.7. The Morgan fingerprint density at radius 3 is 2.57 bits per heavy atom. The molecule has 0 aliphatic heterocycles. The van der Waals surface area contributed by atoms with Gasteiger partial charge < -0.3 is 11.1 Å². The van der Waals surface area contributed by atoms with Crippen molar-refractivity contribution in [2.24, 2.45) is 5.73 Å². The van der Waals surface area contributed by atoms with E-state index in [-0.39, 0.29) is 11.9 Å². The summed E-state index contributed by atoms with van der Waals surface area (Å²) in [6.45, 7) is 4.06. The number of carbonyl (C=O) groups is 1. The number of aryl methyl sites for hydroxylation is 2. The summed E-state index contributed by atoms with van der Waals surface area (Å²) in [4.78, 5) is 14.5. The van der Waals surface area contributed by atoms with Crippen LogP contribution in [0.2, 0.25) is 0 Å². The summed E-state index contributed by atoms with van der Waals surface area (Å²) < 4.78 is 0. The number of rotatable bonds is 6. The molecule has 21 heavy (non-hydrogen) atoms. The van der Waals surface area contributed by atoms with Gasteiger partial charge in [-0.05, 0) is 44.4 Å². The molecular weight excluding hydrogens is 280 g/mol. The molecule has 2 atom stereocenters. The minimum absolute atomic E-state index is 0.0129. The van der Waals surface area contributed by atoms with Gasteiger partial charge in [0.05, 0.1) is 12.1 Å². The first-order valence-corrected chi connectivity index (χ1v) is 8.04. The van der Waals surface area contributed by atoms with Gasteiger partial charge in [-0.3, -0.25) is 4.79 Å². The Hall–Kier alpha value is -1.65. The fraction of sp³-hybridized carbons (Fsp3) is 0.353. The van der Waals surface area contributed by atoms with Gasteiger partial charge >= 0.3 is 0 Å². The lowest BCUT2D eigenvalue weighted by Gasteiger charge is -2.16. The Kier molecular flexibility index (Phi) is 5.53. The van der Waals surface area contributed by atoms with E-state index in [2.05, 4.69) is 36.5 Å². The summed E-state index contributed by atoms with van der Waals surface area (Å²) in [6, 6.07) is 13.8.